The van der Waals surface area contributed by atoms with E-state index in [1.807, 2.05) is 19.9 Å². The fraction of sp³-hybridized carbons (Fsp3) is 0.429. The summed E-state index contributed by atoms with van der Waals surface area (Å²) in [6.07, 6.45) is 0. The maximum Gasteiger partial charge on any atom is 0.330 e. The lowest BCUT2D eigenvalue weighted by atomic mass is 9.96. The molecule has 164 valence electrons. The monoisotopic (exact) mass is 445 g/mol. The SMILES string of the molecule is Cc1cc(COC(=O)C2N3C(=O)C(NC(=O)COc4ccccc4)C3SC2(C)C)no1. The van der Waals surface area contributed by atoms with Crippen LogP contribution in [0.2, 0.25) is 0 Å². The summed E-state index contributed by atoms with van der Waals surface area (Å²) >= 11 is 1.46. The third kappa shape index (κ3) is 4.25. The Morgan fingerprint density at radius 3 is 2.71 bits per heavy atom. The van der Waals surface area contributed by atoms with Crippen molar-refractivity contribution in [2.24, 2.45) is 0 Å². The lowest BCUT2D eigenvalue weighted by molar-refractivity contribution is -0.165. The van der Waals surface area contributed by atoms with Gasteiger partial charge in [-0.15, -0.1) is 11.8 Å². The van der Waals surface area contributed by atoms with Crippen LogP contribution < -0.4 is 10.1 Å². The van der Waals surface area contributed by atoms with Gasteiger partial charge in [-0.25, -0.2) is 4.79 Å². The summed E-state index contributed by atoms with van der Waals surface area (Å²) in [4.78, 5) is 39.3. The van der Waals surface area contributed by atoms with Crippen molar-refractivity contribution in [1.82, 2.24) is 15.4 Å². The molecule has 4 rings (SSSR count). The zero-order valence-corrected chi connectivity index (χ0v) is 18.2. The van der Waals surface area contributed by atoms with Crippen LogP contribution in [-0.2, 0) is 25.7 Å². The summed E-state index contributed by atoms with van der Waals surface area (Å²) in [5.41, 5.74) is 0.504. The molecular weight excluding hydrogens is 422 g/mol. The Morgan fingerprint density at radius 1 is 1.29 bits per heavy atom. The highest BCUT2D eigenvalue weighted by Crippen LogP contribution is 2.51. The van der Waals surface area contributed by atoms with Crippen LogP contribution >= 0.6 is 11.8 Å². The van der Waals surface area contributed by atoms with Gasteiger partial charge in [0.1, 0.15) is 41.3 Å². The molecule has 0 spiro atoms. The maximum atomic E-state index is 12.8. The van der Waals surface area contributed by atoms with Crippen LogP contribution in [0.4, 0.5) is 0 Å². The molecule has 0 saturated carbocycles. The molecule has 3 atom stereocenters. The van der Waals surface area contributed by atoms with Crippen molar-refractivity contribution in [2.45, 2.75) is 49.6 Å². The summed E-state index contributed by atoms with van der Waals surface area (Å²) in [5.74, 6) is -0.0226. The zero-order chi connectivity index (χ0) is 22.2. The molecule has 2 aliphatic heterocycles. The number of aryl methyl sites for hydroxylation is 1. The number of hydrogen-bond acceptors (Lipinski definition) is 8. The highest BCUT2D eigenvalue weighted by atomic mass is 32.2. The summed E-state index contributed by atoms with van der Waals surface area (Å²) in [5, 5.41) is 6.18. The highest BCUT2D eigenvalue weighted by molar-refractivity contribution is 8.01. The van der Waals surface area contributed by atoms with Crippen LogP contribution in [0, 0.1) is 6.92 Å². The largest absolute Gasteiger partial charge is 0.484 e. The molecule has 9 nitrogen and oxygen atoms in total. The van der Waals surface area contributed by atoms with Crippen LogP contribution in [0.25, 0.3) is 0 Å². The molecule has 0 aliphatic carbocycles. The number of carbonyl (C=O) groups is 3. The summed E-state index contributed by atoms with van der Waals surface area (Å²) in [6, 6.07) is 9.18. The smallest absolute Gasteiger partial charge is 0.330 e. The second kappa shape index (κ2) is 8.26. The first-order chi connectivity index (χ1) is 14.8. The predicted octanol–water partition coefficient (Wildman–Crippen LogP) is 1.65. The van der Waals surface area contributed by atoms with Gasteiger partial charge in [0.2, 0.25) is 5.91 Å². The number of aromatic nitrogens is 1. The second-order valence-corrected chi connectivity index (χ2v) is 9.71. The lowest BCUT2D eigenvalue weighted by Gasteiger charge is -2.43. The van der Waals surface area contributed by atoms with Gasteiger partial charge < -0.3 is 24.2 Å². The minimum atomic E-state index is -0.753. The van der Waals surface area contributed by atoms with Crippen LogP contribution in [0.15, 0.2) is 40.9 Å². The van der Waals surface area contributed by atoms with E-state index in [0.29, 0.717) is 17.2 Å². The van der Waals surface area contributed by atoms with Gasteiger partial charge in [0.15, 0.2) is 6.61 Å². The van der Waals surface area contributed by atoms with Gasteiger partial charge in [-0.3, -0.25) is 9.59 Å². The predicted molar refractivity (Wildman–Crippen MR) is 111 cm³/mol. The van der Waals surface area contributed by atoms with Crippen LogP contribution in [0.5, 0.6) is 5.75 Å². The van der Waals surface area contributed by atoms with E-state index in [1.54, 1.807) is 37.3 Å². The fourth-order valence-electron chi connectivity index (χ4n) is 3.72. The number of hydrogen-bond donors (Lipinski definition) is 1. The van der Waals surface area contributed by atoms with E-state index in [-0.39, 0.29) is 24.5 Å². The van der Waals surface area contributed by atoms with Gasteiger partial charge in [0.25, 0.3) is 5.91 Å². The number of ether oxygens (including phenoxy) is 2. The van der Waals surface area contributed by atoms with Gasteiger partial charge in [0.05, 0.1) is 0 Å². The molecule has 3 unspecified atom stereocenters. The van der Waals surface area contributed by atoms with Crippen LogP contribution in [-0.4, -0.2) is 56.7 Å². The van der Waals surface area contributed by atoms with E-state index in [0.717, 1.165) is 0 Å². The van der Waals surface area contributed by atoms with Gasteiger partial charge in [-0.05, 0) is 32.9 Å². The third-order valence-corrected chi connectivity index (χ3v) is 6.70. The Kier molecular flexibility index (Phi) is 5.65. The minimum Gasteiger partial charge on any atom is -0.484 e. The van der Waals surface area contributed by atoms with Crippen molar-refractivity contribution in [2.75, 3.05) is 6.61 Å². The molecule has 0 bridgehead atoms. The quantitative estimate of drug-likeness (QED) is 0.506. The topological polar surface area (TPSA) is 111 Å². The first-order valence-corrected chi connectivity index (χ1v) is 10.7. The van der Waals surface area contributed by atoms with E-state index < -0.39 is 28.7 Å². The Bertz CT molecular complexity index is 992. The Labute approximate surface area is 183 Å². The number of para-hydroxylation sites is 1. The van der Waals surface area contributed by atoms with Crippen molar-refractivity contribution in [3.05, 3.63) is 47.9 Å². The minimum absolute atomic E-state index is 0.0306. The van der Waals surface area contributed by atoms with Crippen molar-refractivity contribution >= 4 is 29.5 Å². The van der Waals surface area contributed by atoms with Gasteiger partial charge >= 0.3 is 5.97 Å². The third-order valence-electron chi connectivity index (χ3n) is 5.13. The fourth-order valence-corrected chi connectivity index (χ4v) is 5.34. The second-order valence-electron chi connectivity index (χ2n) is 7.94. The number of carbonyl (C=O) groups excluding carboxylic acids is 3. The first kappa shape index (κ1) is 21.2. The normalized spacial score (nSPS) is 23.6. The number of β-lactam (4-membered cyclic amide) rings is 1. The molecular formula is C21H23N3O6S. The van der Waals surface area contributed by atoms with E-state index in [4.69, 9.17) is 14.0 Å². The van der Waals surface area contributed by atoms with E-state index in [1.165, 1.54) is 16.7 Å². The lowest BCUT2D eigenvalue weighted by Crippen LogP contribution is -2.71. The Balaban J connectivity index is 1.34. The Morgan fingerprint density at radius 2 is 2.03 bits per heavy atom. The number of amides is 2. The number of esters is 1. The number of nitrogens with one attached hydrogen (secondary N) is 1. The van der Waals surface area contributed by atoms with E-state index in [2.05, 4.69) is 10.5 Å². The molecule has 2 fully saturated rings. The van der Waals surface area contributed by atoms with Gasteiger partial charge in [0, 0.05) is 10.8 Å². The van der Waals surface area contributed by atoms with Crippen molar-refractivity contribution < 1.29 is 28.4 Å². The first-order valence-electron chi connectivity index (χ1n) is 9.82. The molecule has 1 N–H and O–H groups in total. The zero-order valence-electron chi connectivity index (χ0n) is 17.4. The van der Waals surface area contributed by atoms with Crippen molar-refractivity contribution in [3.63, 3.8) is 0 Å². The average molecular weight is 445 g/mol. The molecule has 2 amide bonds. The summed E-state index contributed by atoms with van der Waals surface area (Å²) in [7, 11) is 0. The van der Waals surface area contributed by atoms with Crippen molar-refractivity contribution in [3.8, 4) is 5.75 Å². The molecule has 3 heterocycles. The molecule has 10 heteroatoms. The number of rotatable bonds is 7. The summed E-state index contributed by atoms with van der Waals surface area (Å²) < 4.78 is 15.2. The highest BCUT2D eigenvalue weighted by Gasteiger charge is 2.64. The standard InChI is InChI=1S/C21H23N3O6S/c1-12-9-13(23-30-12)10-29-20(27)17-21(2,3)31-19-16(18(26)24(17)19)22-15(25)11-28-14-7-5-4-6-8-14/h4-9,16-17,19H,10-11H2,1-3H3,(H,22,25). The Hall–Kier alpha value is -3.01. The molecule has 2 saturated heterocycles. The van der Waals surface area contributed by atoms with Gasteiger partial charge in [-0.2, -0.15) is 0 Å². The molecule has 31 heavy (non-hydrogen) atoms. The van der Waals surface area contributed by atoms with Crippen molar-refractivity contribution in [1.29, 1.82) is 0 Å². The molecule has 1 aromatic carbocycles. The molecule has 2 aromatic rings. The maximum absolute atomic E-state index is 12.8. The average Bonchev–Trinajstić information content (AvgIpc) is 3.27. The van der Waals surface area contributed by atoms with Crippen LogP contribution in [0.3, 0.4) is 0 Å². The van der Waals surface area contributed by atoms with E-state index in [9.17, 15) is 14.4 Å². The number of benzene rings is 1. The number of nitrogens with zero attached hydrogens (tertiary/aromatic N) is 2. The molecule has 0 radical (unpaired) electrons. The van der Waals surface area contributed by atoms with E-state index >= 15 is 0 Å². The number of fused-ring (bicyclic) bond motifs is 1. The number of thioether (sulfide) groups is 1. The molecule has 2 aliphatic rings. The van der Waals surface area contributed by atoms with Gasteiger partial charge in [-0.1, -0.05) is 23.4 Å². The molecule has 1 aromatic heterocycles. The summed E-state index contributed by atoms with van der Waals surface area (Å²) in [6.45, 7) is 5.28. The van der Waals surface area contributed by atoms with Crippen LogP contribution in [0.1, 0.15) is 25.3 Å².